The standard InChI is InChI=1S/C17H17NO5S/c19-16(11-8-14-6-9-15(10-7-14)18(20)21)12-13-24(22,23)17-4-2-1-3-5-17/h1-7,9-10,12-13,16,19H,8,11H2/b13-12+. The number of non-ortho nitro benzene ring substituents is 1. The fourth-order valence-electron chi connectivity index (χ4n) is 2.08. The molecule has 0 aromatic heterocycles. The van der Waals surface area contributed by atoms with E-state index in [9.17, 15) is 23.6 Å². The molecule has 0 amide bonds. The summed E-state index contributed by atoms with van der Waals surface area (Å²) in [6.45, 7) is 0. The smallest absolute Gasteiger partial charge is 0.269 e. The van der Waals surface area contributed by atoms with Gasteiger partial charge in [0, 0.05) is 17.5 Å². The van der Waals surface area contributed by atoms with Crippen LogP contribution in [0.4, 0.5) is 5.69 Å². The van der Waals surface area contributed by atoms with Crippen molar-refractivity contribution in [2.24, 2.45) is 0 Å². The third kappa shape index (κ3) is 5.00. The fourth-order valence-corrected chi connectivity index (χ4v) is 3.16. The highest BCUT2D eigenvalue weighted by atomic mass is 32.2. The summed E-state index contributed by atoms with van der Waals surface area (Å²) in [5.74, 6) is 0. The molecule has 24 heavy (non-hydrogen) atoms. The number of hydrogen-bond donors (Lipinski definition) is 1. The van der Waals surface area contributed by atoms with Gasteiger partial charge in [0.1, 0.15) is 0 Å². The van der Waals surface area contributed by atoms with Gasteiger partial charge in [-0.2, -0.15) is 0 Å². The predicted molar refractivity (Wildman–Crippen MR) is 90.2 cm³/mol. The van der Waals surface area contributed by atoms with Gasteiger partial charge in [-0.05, 0) is 36.6 Å². The van der Waals surface area contributed by atoms with E-state index in [4.69, 9.17) is 0 Å². The zero-order valence-corrected chi connectivity index (χ0v) is 13.6. The summed E-state index contributed by atoms with van der Waals surface area (Å²) >= 11 is 0. The van der Waals surface area contributed by atoms with E-state index in [2.05, 4.69) is 0 Å². The van der Waals surface area contributed by atoms with Crippen LogP contribution >= 0.6 is 0 Å². The first-order chi connectivity index (χ1) is 11.4. The Morgan fingerprint density at radius 1 is 1.08 bits per heavy atom. The Morgan fingerprint density at radius 2 is 1.71 bits per heavy atom. The summed E-state index contributed by atoms with van der Waals surface area (Å²) in [6, 6.07) is 14.0. The van der Waals surface area contributed by atoms with Crippen molar-refractivity contribution in [2.45, 2.75) is 23.8 Å². The van der Waals surface area contributed by atoms with Crippen molar-refractivity contribution in [1.29, 1.82) is 0 Å². The highest BCUT2D eigenvalue weighted by molar-refractivity contribution is 7.94. The second-order valence-electron chi connectivity index (χ2n) is 5.22. The average molecular weight is 347 g/mol. The third-order valence-electron chi connectivity index (χ3n) is 3.43. The normalized spacial score (nSPS) is 13.0. The number of aliphatic hydroxyl groups excluding tert-OH is 1. The molecule has 1 N–H and O–H groups in total. The van der Waals surface area contributed by atoms with Gasteiger partial charge in [0.25, 0.3) is 5.69 Å². The van der Waals surface area contributed by atoms with Gasteiger partial charge in [-0.15, -0.1) is 0 Å². The Bertz CT molecular complexity index is 814. The lowest BCUT2D eigenvalue weighted by atomic mass is 10.1. The van der Waals surface area contributed by atoms with Crippen LogP contribution in [0.2, 0.25) is 0 Å². The monoisotopic (exact) mass is 347 g/mol. The van der Waals surface area contributed by atoms with Gasteiger partial charge in [0.05, 0.1) is 15.9 Å². The second kappa shape index (κ2) is 7.85. The minimum atomic E-state index is -3.57. The maximum atomic E-state index is 12.1. The third-order valence-corrected chi connectivity index (χ3v) is 4.87. The lowest BCUT2D eigenvalue weighted by Crippen LogP contribution is -2.06. The summed E-state index contributed by atoms with van der Waals surface area (Å²) in [7, 11) is -3.57. The van der Waals surface area contributed by atoms with E-state index < -0.39 is 20.9 Å². The van der Waals surface area contributed by atoms with Crippen LogP contribution in [0.15, 0.2) is 71.0 Å². The molecular formula is C17H17NO5S. The molecule has 0 saturated carbocycles. The molecule has 0 aliphatic carbocycles. The van der Waals surface area contributed by atoms with E-state index in [0.29, 0.717) is 12.8 Å². The van der Waals surface area contributed by atoms with Crippen molar-refractivity contribution in [3.63, 3.8) is 0 Å². The molecule has 0 aliphatic rings. The molecule has 0 heterocycles. The molecule has 0 radical (unpaired) electrons. The Morgan fingerprint density at radius 3 is 2.29 bits per heavy atom. The first-order valence-electron chi connectivity index (χ1n) is 7.28. The summed E-state index contributed by atoms with van der Waals surface area (Å²) in [5.41, 5.74) is 0.840. The molecular weight excluding hydrogens is 330 g/mol. The zero-order chi connectivity index (χ0) is 17.6. The molecule has 0 fully saturated rings. The molecule has 2 aromatic rings. The topological polar surface area (TPSA) is 97.5 Å². The number of aliphatic hydroxyl groups is 1. The number of sulfone groups is 1. The van der Waals surface area contributed by atoms with Crippen LogP contribution in [0.25, 0.3) is 0 Å². The number of benzene rings is 2. The van der Waals surface area contributed by atoms with Crippen LogP contribution < -0.4 is 0 Å². The molecule has 2 aromatic carbocycles. The quantitative estimate of drug-likeness (QED) is 0.613. The number of nitrogens with zero attached hydrogens (tertiary/aromatic N) is 1. The van der Waals surface area contributed by atoms with Crippen molar-refractivity contribution in [2.75, 3.05) is 0 Å². The van der Waals surface area contributed by atoms with E-state index in [-0.39, 0.29) is 10.6 Å². The fraction of sp³-hybridized carbons (Fsp3) is 0.176. The van der Waals surface area contributed by atoms with Crippen molar-refractivity contribution in [3.05, 3.63) is 81.8 Å². The van der Waals surface area contributed by atoms with Gasteiger partial charge in [-0.25, -0.2) is 8.42 Å². The first kappa shape index (κ1) is 17.8. The number of nitro groups is 1. The Hall–Kier alpha value is -2.51. The van der Waals surface area contributed by atoms with Crippen LogP contribution in [0.3, 0.4) is 0 Å². The lowest BCUT2D eigenvalue weighted by Gasteiger charge is -2.06. The molecule has 1 unspecified atom stereocenters. The van der Waals surface area contributed by atoms with Gasteiger partial charge in [0.15, 0.2) is 9.84 Å². The summed E-state index contributed by atoms with van der Waals surface area (Å²) < 4.78 is 24.1. The summed E-state index contributed by atoms with van der Waals surface area (Å²) in [5, 5.41) is 21.5. The lowest BCUT2D eigenvalue weighted by molar-refractivity contribution is -0.384. The molecule has 0 saturated heterocycles. The average Bonchev–Trinajstić information content (AvgIpc) is 2.59. The number of aryl methyl sites for hydroxylation is 1. The van der Waals surface area contributed by atoms with E-state index in [1.807, 2.05) is 0 Å². The van der Waals surface area contributed by atoms with Crippen LogP contribution in [0.1, 0.15) is 12.0 Å². The van der Waals surface area contributed by atoms with Crippen LogP contribution in [0, 0.1) is 10.1 Å². The van der Waals surface area contributed by atoms with E-state index >= 15 is 0 Å². The molecule has 126 valence electrons. The number of hydrogen-bond acceptors (Lipinski definition) is 5. The van der Waals surface area contributed by atoms with E-state index in [0.717, 1.165) is 11.0 Å². The van der Waals surface area contributed by atoms with E-state index in [1.165, 1.54) is 30.3 Å². The van der Waals surface area contributed by atoms with Crippen LogP contribution in [-0.4, -0.2) is 24.6 Å². The highest BCUT2D eigenvalue weighted by Crippen LogP contribution is 2.15. The van der Waals surface area contributed by atoms with Crippen molar-refractivity contribution in [1.82, 2.24) is 0 Å². The highest BCUT2D eigenvalue weighted by Gasteiger charge is 2.10. The van der Waals surface area contributed by atoms with Crippen LogP contribution in [0.5, 0.6) is 0 Å². The molecule has 7 heteroatoms. The summed E-state index contributed by atoms with van der Waals surface area (Å²) in [4.78, 5) is 10.3. The van der Waals surface area contributed by atoms with Crippen molar-refractivity contribution in [3.8, 4) is 0 Å². The summed E-state index contributed by atoms with van der Waals surface area (Å²) in [6.07, 6.45) is 1.12. The molecule has 0 aliphatic heterocycles. The molecule has 2 rings (SSSR count). The van der Waals surface area contributed by atoms with Gasteiger partial charge in [-0.1, -0.05) is 30.3 Å². The molecule has 1 atom stereocenters. The Kier molecular flexibility index (Phi) is 5.83. The van der Waals surface area contributed by atoms with Gasteiger partial charge < -0.3 is 5.11 Å². The largest absolute Gasteiger partial charge is 0.389 e. The molecule has 6 nitrogen and oxygen atoms in total. The van der Waals surface area contributed by atoms with Crippen LogP contribution in [-0.2, 0) is 16.3 Å². The minimum absolute atomic E-state index is 0.00755. The maximum absolute atomic E-state index is 12.1. The van der Waals surface area contributed by atoms with Crippen molar-refractivity contribution >= 4 is 15.5 Å². The minimum Gasteiger partial charge on any atom is -0.389 e. The SMILES string of the molecule is O=[N+]([O-])c1ccc(CCC(O)/C=C/S(=O)(=O)c2ccccc2)cc1. The zero-order valence-electron chi connectivity index (χ0n) is 12.8. The first-order valence-corrected chi connectivity index (χ1v) is 8.83. The van der Waals surface area contributed by atoms with E-state index in [1.54, 1.807) is 30.3 Å². The van der Waals surface area contributed by atoms with Gasteiger partial charge in [0.2, 0.25) is 0 Å². The van der Waals surface area contributed by atoms with Crippen molar-refractivity contribution < 1.29 is 18.4 Å². The predicted octanol–water partition coefficient (Wildman–Crippen LogP) is 2.88. The second-order valence-corrected chi connectivity index (χ2v) is 7.05. The number of nitro benzene ring substituents is 1. The molecule has 0 spiro atoms. The molecule has 0 bridgehead atoms. The Balaban J connectivity index is 1.93. The Labute approximate surface area is 140 Å². The van der Waals surface area contributed by atoms with Gasteiger partial charge in [-0.3, -0.25) is 10.1 Å². The maximum Gasteiger partial charge on any atom is 0.269 e. The number of rotatable bonds is 7. The van der Waals surface area contributed by atoms with Gasteiger partial charge >= 0.3 is 0 Å².